The first-order valence-corrected chi connectivity index (χ1v) is 12.9. The topological polar surface area (TPSA) is 102 Å². The van der Waals surface area contributed by atoms with Gasteiger partial charge in [-0.25, -0.2) is 27.9 Å². The molecule has 0 aliphatic carbocycles. The van der Waals surface area contributed by atoms with Crippen LogP contribution in [0.5, 0.6) is 0 Å². The maximum atomic E-state index is 14.7. The van der Waals surface area contributed by atoms with Crippen molar-refractivity contribution in [2.24, 2.45) is 5.92 Å². The number of carbonyl (C=O) groups excluding carboxylic acids is 2. The maximum Gasteiger partial charge on any atom is 0.410 e. The van der Waals surface area contributed by atoms with Gasteiger partial charge in [0.05, 0.1) is 17.5 Å². The minimum Gasteiger partial charge on any atom is -0.444 e. The smallest absolute Gasteiger partial charge is 0.410 e. The number of piperidine rings is 1. The highest BCUT2D eigenvalue weighted by atomic mass is 19.3. The van der Waals surface area contributed by atoms with Crippen LogP contribution in [-0.4, -0.2) is 61.3 Å². The molecule has 9 nitrogen and oxygen atoms in total. The highest BCUT2D eigenvalue weighted by Crippen LogP contribution is 2.46. The molecule has 12 heteroatoms. The molecule has 0 saturated carbocycles. The quantitative estimate of drug-likeness (QED) is 0.465. The van der Waals surface area contributed by atoms with Gasteiger partial charge in [0, 0.05) is 30.5 Å². The van der Waals surface area contributed by atoms with Crippen LogP contribution >= 0.6 is 0 Å². The van der Waals surface area contributed by atoms with E-state index in [0.29, 0.717) is 36.1 Å². The Morgan fingerprint density at radius 1 is 1.15 bits per heavy atom. The number of nitrogens with one attached hydrogen (secondary N) is 1. The van der Waals surface area contributed by atoms with Gasteiger partial charge in [-0.2, -0.15) is 5.10 Å². The van der Waals surface area contributed by atoms with Crippen LogP contribution in [-0.2, 0) is 9.53 Å². The molecular formula is C27H31F3N6O3. The number of fused-ring (bicyclic) bond motifs is 2. The SMILES string of the molecule is C[C@@H]1CN(C(=O)OC(C)(C)C)CC[C@@H]1n1nc(-c2ncnc3c2C(C(C)(F)F)CC(=O)N3)c2ccc(F)cc21. The van der Waals surface area contributed by atoms with Gasteiger partial charge in [-0.1, -0.05) is 6.92 Å². The number of carbonyl (C=O) groups is 2. The molecule has 0 radical (unpaired) electrons. The summed E-state index contributed by atoms with van der Waals surface area (Å²) in [6, 6.07) is 4.00. The van der Waals surface area contributed by atoms with Crippen LogP contribution in [0.3, 0.4) is 0 Å². The lowest BCUT2D eigenvalue weighted by Gasteiger charge is -2.37. The second-order valence-electron chi connectivity index (χ2n) is 11.5. The number of ether oxygens (including phenoxy) is 1. The number of anilines is 1. The van der Waals surface area contributed by atoms with Gasteiger partial charge in [0.15, 0.2) is 0 Å². The lowest BCUT2D eigenvalue weighted by atomic mass is 9.85. The van der Waals surface area contributed by atoms with Crippen molar-refractivity contribution in [3.8, 4) is 11.4 Å². The van der Waals surface area contributed by atoms with E-state index in [4.69, 9.17) is 9.84 Å². The Hall–Kier alpha value is -3.70. The van der Waals surface area contributed by atoms with Gasteiger partial charge in [0.2, 0.25) is 5.91 Å². The van der Waals surface area contributed by atoms with Crippen LogP contribution < -0.4 is 5.32 Å². The van der Waals surface area contributed by atoms with Crippen molar-refractivity contribution in [1.29, 1.82) is 0 Å². The Balaban J connectivity index is 1.58. The van der Waals surface area contributed by atoms with Crippen LogP contribution in [0.2, 0.25) is 0 Å². The first-order valence-electron chi connectivity index (χ1n) is 12.9. The summed E-state index contributed by atoms with van der Waals surface area (Å²) in [4.78, 5) is 34.9. The fourth-order valence-electron chi connectivity index (χ4n) is 5.44. The number of benzene rings is 1. The van der Waals surface area contributed by atoms with Gasteiger partial charge in [-0.3, -0.25) is 9.48 Å². The number of hydrogen-bond acceptors (Lipinski definition) is 6. The summed E-state index contributed by atoms with van der Waals surface area (Å²) < 4.78 is 51.1. The van der Waals surface area contributed by atoms with Crippen LogP contribution in [0.25, 0.3) is 22.3 Å². The molecular weight excluding hydrogens is 513 g/mol. The molecule has 4 heterocycles. The molecule has 2 aliphatic heterocycles. The molecule has 1 unspecified atom stereocenters. The van der Waals surface area contributed by atoms with Crippen molar-refractivity contribution >= 4 is 28.7 Å². The predicted molar refractivity (Wildman–Crippen MR) is 138 cm³/mol. The third kappa shape index (κ3) is 5.16. The fraction of sp³-hybridized carbons (Fsp3) is 0.519. The van der Waals surface area contributed by atoms with Gasteiger partial charge in [0.1, 0.15) is 35.0 Å². The average Bonchev–Trinajstić information content (AvgIpc) is 3.19. The molecule has 0 bridgehead atoms. The highest BCUT2D eigenvalue weighted by Gasteiger charge is 2.44. The summed E-state index contributed by atoms with van der Waals surface area (Å²) in [6.45, 7) is 8.99. The number of rotatable bonds is 3. The van der Waals surface area contributed by atoms with Crippen LogP contribution in [0.4, 0.5) is 23.8 Å². The molecule has 39 heavy (non-hydrogen) atoms. The number of likely N-dealkylation sites (tertiary alicyclic amines) is 1. The minimum atomic E-state index is -3.22. The number of halogens is 3. The number of amides is 2. The molecule has 3 aromatic rings. The second-order valence-corrected chi connectivity index (χ2v) is 11.5. The molecule has 1 fully saturated rings. The van der Waals surface area contributed by atoms with E-state index in [1.165, 1.54) is 18.5 Å². The first-order chi connectivity index (χ1) is 18.2. The summed E-state index contributed by atoms with van der Waals surface area (Å²) in [5, 5.41) is 7.92. The van der Waals surface area contributed by atoms with E-state index in [9.17, 15) is 22.8 Å². The molecule has 2 aliphatic rings. The molecule has 208 valence electrons. The number of alkyl halides is 2. The molecule has 3 atom stereocenters. The Bertz CT molecular complexity index is 1450. The Morgan fingerprint density at radius 2 is 1.90 bits per heavy atom. The summed E-state index contributed by atoms with van der Waals surface area (Å²) in [6.07, 6.45) is 0.900. The van der Waals surface area contributed by atoms with Crippen molar-refractivity contribution in [3.63, 3.8) is 0 Å². The highest BCUT2D eigenvalue weighted by molar-refractivity contribution is 5.98. The Kier molecular flexibility index (Phi) is 6.54. The monoisotopic (exact) mass is 544 g/mol. The third-order valence-electron chi connectivity index (χ3n) is 7.21. The standard InChI is InChI=1S/C27H31F3N6O3/c1-14-12-35(25(38)39-26(2,3)4)9-8-18(14)36-19-10-15(28)6-7-16(19)22(34-36)23-21-17(27(5,29)30)11-20(37)33-24(21)32-13-31-23/h6-7,10,13-14,17-18H,8-9,11-12H2,1-5H3,(H,31,32,33,37)/t14-,17?,18+/m1/s1. The summed E-state index contributed by atoms with van der Waals surface area (Å²) >= 11 is 0. The van der Waals surface area contributed by atoms with E-state index < -0.39 is 41.7 Å². The average molecular weight is 545 g/mol. The lowest BCUT2D eigenvalue weighted by molar-refractivity contribution is -0.119. The van der Waals surface area contributed by atoms with Crippen molar-refractivity contribution in [3.05, 3.63) is 35.9 Å². The van der Waals surface area contributed by atoms with E-state index in [2.05, 4.69) is 15.3 Å². The van der Waals surface area contributed by atoms with Gasteiger partial charge in [-0.05, 0) is 58.2 Å². The van der Waals surface area contributed by atoms with Crippen LogP contribution in [0.15, 0.2) is 24.5 Å². The molecule has 2 amide bonds. The molecule has 2 aromatic heterocycles. The zero-order valence-electron chi connectivity index (χ0n) is 22.5. The van der Waals surface area contributed by atoms with Crippen molar-refractivity contribution in [2.75, 3.05) is 18.4 Å². The molecule has 1 N–H and O–H groups in total. The number of aromatic nitrogens is 4. The fourth-order valence-corrected chi connectivity index (χ4v) is 5.44. The molecule has 0 spiro atoms. The van der Waals surface area contributed by atoms with Crippen molar-refractivity contribution < 1.29 is 27.5 Å². The number of nitrogens with zero attached hydrogens (tertiary/aromatic N) is 5. The molecule has 5 rings (SSSR count). The van der Waals surface area contributed by atoms with Gasteiger partial charge in [-0.15, -0.1) is 0 Å². The summed E-state index contributed by atoms with van der Waals surface area (Å²) in [5.74, 6) is -5.75. The molecule has 1 aromatic carbocycles. The van der Waals surface area contributed by atoms with E-state index in [0.717, 1.165) is 6.92 Å². The lowest BCUT2D eigenvalue weighted by Crippen LogP contribution is -2.45. The largest absolute Gasteiger partial charge is 0.444 e. The maximum absolute atomic E-state index is 14.7. The van der Waals surface area contributed by atoms with Gasteiger partial charge >= 0.3 is 6.09 Å². The van der Waals surface area contributed by atoms with E-state index in [1.807, 2.05) is 27.7 Å². The van der Waals surface area contributed by atoms with Crippen LogP contribution in [0.1, 0.15) is 65.0 Å². The van der Waals surface area contributed by atoms with E-state index in [-0.39, 0.29) is 29.0 Å². The van der Waals surface area contributed by atoms with E-state index >= 15 is 0 Å². The minimum absolute atomic E-state index is 0.0200. The third-order valence-corrected chi connectivity index (χ3v) is 7.21. The van der Waals surface area contributed by atoms with Crippen molar-refractivity contribution in [2.45, 2.75) is 70.9 Å². The predicted octanol–water partition coefficient (Wildman–Crippen LogP) is 5.53. The first kappa shape index (κ1) is 26.9. The zero-order valence-corrected chi connectivity index (χ0v) is 22.5. The Morgan fingerprint density at radius 3 is 2.56 bits per heavy atom. The van der Waals surface area contributed by atoms with Crippen LogP contribution in [0, 0.1) is 11.7 Å². The Labute approximate surface area is 223 Å². The van der Waals surface area contributed by atoms with E-state index in [1.54, 1.807) is 15.6 Å². The van der Waals surface area contributed by atoms with Crippen molar-refractivity contribution in [1.82, 2.24) is 24.6 Å². The van der Waals surface area contributed by atoms with Gasteiger partial charge in [0.25, 0.3) is 5.92 Å². The normalized spacial score (nSPS) is 22.0. The molecule has 1 saturated heterocycles. The number of hydrogen-bond donors (Lipinski definition) is 1. The zero-order chi connectivity index (χ0) is 28.3. The second kappa shape index (κ2) is 9.49. The summed E-state index contributed by atoms with van der Waals surface area (Å²) in [7, 11) is 0. The van der Waals surface area contributed by atoms with Gasteiger partial charge < -0.3 is 15.0 Å². The summed E-state index contributed by atoms with van der Waals surface area (Å²) in [5.41, 5.74) is 0.440.